The van der Waals surface area contributed by atoms with Crippen LogP contribution < -0.4 is 4.74 Å². The smallest absolute Gasteiger partial charge is 0.338 e. The van der Waals surface area contributed by atoms with E-state index in [0.29, 0.717) is 25.0 Å². The maximum Gasteiger partial charge on any atom is 0.338 e. The molecule has 37 heavy (non-hydrogen) atoms. The molecule has 0 aliphatic carbocycles. The SMILES string of the molecule is C[C@@H]1CC(O)(c2cccc(COc3ccc4cc5c(c(-c6ccccc6)c4c3)COC5=O)c2)C[C@H](C)O1. The average Bonchev–Trinajstić information content (AvgIpc) is 3.26. The lowest BCUT2D eigenvalue weighted by Crippen LogP contribution is -2.41. The lowest BCUT2D eigenvalue weighted by Gasteiger charge is -2.39. The van der Waals surface area contributed by atoms with Gasteiger partial charge in [-0.1, -0.05) is 54.6 Å². The van der Waals surface area contributed by atoms with Gasteiger partial charge in [-0.05, 0) is 71.1 Å². The van der Waals surface area contributed by atoms with Crippen molar-refractivity contribution in [1.82, 2.24) is 0 Å². The monoisotopic (exact) mass is 494 g/mol. The predicted octanol–water partition coefficient (Wildman–Crippen LogP) is 6.53. The third-order valence-corrected chi connectivity index (χ3v) is 7.44. The van der Waals surface area contributed by atoms with E-state index in [1.54, 1.807) is 0 Å². The molecule has 4 aromatic carbocycles. The van der Waals surface area contributed by atoms with E-state index in [-0.39, 0.29) is 24.8 Å². The molecule has 2 aliphatic heterocycles. The number of rotatable bonds is 5. The quantitative estimate of drug-likeness (QED) is 0.320. The van der Waals surface area contributed by atoms with E-state index in [1.165, 1.54) is 0 Å². The Morgan fingerprint density at radius 3 is 2.51 bits per heavy atom. The minimum atomic E-state index is -0.902. The number of esters is 1. The largest absolute Gasteiger partial charge is 0.489 e. The van der Waals surface area contributed by atoms with Crippen molar-refractivity contribution in [2.75, 3.05) is 0 Å². The van der Waals surface area contributed by atoms with E-state index in [9.17, 15) is 9.90 Å². The number of hydrogen-bond acceptors (Lipinski definition) is 5. The summed E-state index contributed by atoms with van der Waals surface area (Å²) in [5.74, 6) is 0.469. The van der Waals surface area contributed by atoms with Gasteiger partial charge >= 0.3 is 5.97 Å². The third-order valence-electron chi connectivity index (χ3n) is 7.44. The minimum Gasteiger partial charge on any atom is -0.489 e. The molecule has 3 atom stereocenters. The second-order valence-electron chi connectivity index (χ2n) is 10.3. The Morgan fingerprint density at radius 2 is 1.73 bits per heavy atom. The summed E-state index contributed by atoms with van der Waals surface area (Å²) in [7, 11) is 0. The Labute approximate surface area is 216 Å². The summed E-state index contributed by atoms with van der Waals surface area (Å²) in [6, 6.07) is 26.0. The lowest BCUT2D eigenvalue weighted by atomic mass is 9.81. The molecule has 0 spiro atoms. The highest BCUT2D eigenvalue weighted by molar-refractivity contribution is 6.07. The fourth-order valence-corrected chi connectivity index (χ4v) is 5.87. The van der Waals surface area contributed by atoms with E-state index in [4.69, 9.17) is 14.2 Å². The highest BCUT2D eigenvalue weighted by Gasteiger charge is 2.38. The summed E-state index contributed by atoms with van der Waals surface area (Å²) < 4.78 is 17.5. The van der Waals surface area contributed by atoms with E-state index < -0.39 is 5.60 Å². The first-order valence-corrected chi connectivity index (χ1v) is 12.8. The highest BCUT2D eigenvalue weighted by Crippen LogP contribution is 2.40. The Hall–Kier alpha value is -3.67. The molecule has 2 aliphatic rings. The zero-order valence-corrected chi connectivity index (χ0v) is 21.1. The molecule has 1 saturated heterocycles. The predicted molar refractivity (Wildman–Crippen MR) is 142 cm³/mol. The van der Waals surface area contributed by atoms with Crippen LogP contribution in [-0.4, -0.2) is 23.3 Å². The fourth-order valence-electron chi connectivity index (χ4n) is 5.87. The Bertz CT molecular complexity index is 1470. The summed E-state index contributed by atoms with van der Waals surface area (Å²) in [5.41, 5.74) is 4.60. The van der Waals surface area contributed by atoms with Gasteiger partial charge in [-0.15, -0.1) is 0 Å². The van der Waals surface area contributed by atoms with Crippen LogP contribution in [0.4, 0.5) is 0 Å². The van der Waals surface area contributed by atoms with E-state index in [2.05, 4.69) is 12.1 Å². The van der Waals surface area contributed by atoms with Crippen LogP contribution in [0.2, 0.25) is 0 Å². The van der Waals surface area contributed by atoms with Crippen LogP contribution >= 0.6 is 0 Å². The zero-order chi connectivity index (χ0) is 25.6. The summed E-state index contributed by atoms with van der Waals surface area (Å²) in [6.45, 7) is 4.67. The van der Waals surface area contributed by atoms with Gasteiger partial charge in [-0.25, -0.2) is 4.79 Å². The van der Waals surface area contributed by atoms with Crippen LogP contribution in [0.5, 0.6) is 5.75 Å². The number of carbonyl (C=O) groups excluding carboxylic acids is 1. The van der Waals surface area contributed by atoms with Crippen LogP contribution in [0.15, 0.2) is 78.9 Å². The number of ether oxygens (including phenoxy) is 3. The van der Waals surface area contributed by atoms with Gasteiger partial charge in [-0.3, -0.25) is 0 Å². The number of carbonyl (C=O) groups is 1. The molecule has 4 aromatic rings. The number of fused-ring (bicyclic) bond motifs is 2. The van der Waals surface area contributed by atoms with Gasteiger partial charge < -0.3 is 19.3 Å². The first-order chi connectivity index (χ1) is 17.9. The van der Waals surface area contributed by atoms with Crippen LogP contribution in [0, 0.1) is 0 Å². The lowest BCUT2D eigenvalue weighted by molar-refractivity contribution is -0.135. The molecule has 0 amide bonds. The number of hydrogen-bond donors (Lipinski definition) is 1. The van der Waals surface area contributed by atoms with Crippen molar-refractivity contribution in [1.29, 1.82) is 0 Å². The van der Waals surface area contributed by atoms with Gasteiger partial charge in [0.25, 0.3) is 0 Å². The molecule has 5 heteroatoms. The second kappa shape index (κ2) is 9.33. The van der Waals surface area contributed by atoms with Gasteiger partial charge in [0.15, 0.2) is 0 Å². The number of benzene rings is 4. The Kier molecular flexibility index (Phi) is 5.98. The second-order valence-corrected chi connectivity index (χ2v) is 10.3. The normalized spacial score (nSPS) is 23.1. The third kappa shape index (κ3) is 4.50. The summed E-state index contributed by atoms with van der Waals surface area (Å²) >= 11 is 0. The van der Waals surface area contributed by atoms with Gasteiger partial charge in [0.2, 0.25) is 0 Å². The zero-order valence-electron chi connectivity index (χ0n) is 21.1. The molecule has 0 bridgehead atoms. The standard InChI is InChI=1S/C32H30O5/c1-20-16-32(34,17-21(2)37-20)25-10-6-7-22(13-25)18-35-26-12-11-24-14-28-29(19-36-31(28)33)30(27(24)15-26)23-8-4-3-5-9-23/h3-15,20-21,34H,16-19H2,1-2H3/t20-,21+,32?. The summed E-state index contributed by atoms with van der Waals surface area (Å²) in [4.78, 5) is 12.3. The van der Waals surface area contributed by atoms with Crippen molar-refractivity contribution in [3.63, 3.8) is 0 Å². The molecule has 0 saturated carbocycles. The van der Waals surface area contributed by atoms with Crippen LogP contribution in [-0.2, 0) is 28.3 Å². The fraction of sp³-hybridized carbons (Fsp3) is 0.281. The van der Waals surface area contributed by atoms with Gasteiger partial charge in [-0.2, -0.15) is 0 Å². The van der Waals surface area contributed by atoms with Crippen molar-refractivity contribution < 1.29 is 24.1 Å². The van der Waals surface area contributed by atoms with E-state index >= 15 is 0 Å². The molecule has 0 aromatic heterocycles. The summed E-state index contributed by atoms with van der Waals surface area (Å²) in [6.07, 6.45) is 1.16. The highest BCUT2D eigenvalue weighted by atomic mass is 16.5. The minimum absolute atomic E-state index is 0.00667. The molecule has 1 N–H and O–H groups in total. The maximum atomic E-state index is 12.3. The first-order valence-electron chi connectivity index (χ1n) is 12.8. The van der Waals surface area contributed by atoms with Crippen molar-refractivity contribution in [3.8, 4) is 16.9 Å². The Balaban J connectivity index is 1.31. The molecule has 1 fully saturated rings. The van der Waals surface area contributed by atoms with Gasteiger partial charge in [0.1, 0.15) is 19.0 Å². The summed E-state index contributed by atoms with van der Waals surface area (Å²) in [5, 5.41) is 13.4. The molecule has 0 radical (unpaired) electrons. The molecule has 5 nitrogen and oxygen atoms in total. The van der Waals surface area contributed by atoms with Crippen molar-refractivity contribution in [3.05, 3.63) is 101 Å². The average molecular weight is 495 g/mol. The van der Waals surface area contributed by atoms with Crippen LogP contribution in [0.3, 0.4) is 0 Å². The topological polar surface area (TPSA) is 65.0 Å². The van der Waals surface area contributed by atoms with Gasteiger partial charge in [0, 0.05) is 18.4 Å². The van der Waals surface area contributed by atoms with Crippen LogP contribution in [0.1, 0.15) is 53.7 Å². The van der Waals surface area contributed by atoms with Gasteiger partial charge in [0.05, 0.1) is 23.4 Å². The molecular formula is C32H30O5. The first kappa shape index (κ1) is 23.7. The molecule has 2 heterocycles. The van der Waals surface area contributed by atoms with E-state index in [0.717, 1.165) is 44.3 Å². The molecular weight excluding hydrogens is 464 g/mol. The van der Waals surface area contributed by atoms with Crippen LogP contribution in [0.25, 0.3) is 21.9 Å². The van der Waals surface area contributed by atoms with Crippen molar-refractivity contribution >= 4 is 16.7 Å². The maximum absolute atomic E-state index is 12.3. The number of aliphatic hydroxyl groups is 1. The molecule has 188 valence electrons. The van der Waals surface area contributed by atoms with Crippen molar-refractivity contribution in [2.45, 2.75) is 57.7 Å². The molecule has 6 rings (SSSR count). The van der Waals surface area contributed by atoms with E-state index in [1.807, 2.05) is 80.6 Å². The Morgan fingerprint density at radius 1 is 0.946 bits per heavy atom. The molecule has 1 unspecified atom stereocenters. The number of cyclic esters (lactones) is 1. The van der Waals surface area contributed by atoms with Crippen molar-refractivity contribution in [2.24, 2.45) is 0 Å².